The molecule has 0 spiro atoms. The van der Waals surface area contributed by atoms with Gasteiger partial charge >= 0.3 is 0 Å². The molecule has 0 amide bonds. The molecular formula is C12H24N2O. The Morgan fingerprint density at radius 1 is 1.13 bits per heavy atom. The van der Waals surface area contributed by atoms with Crippen molar-refractivity contribution in [1.82, 2.24) is 4.90 Å². The second-order valence-corrected chi connectivity index (χ2v) is 5.24. The van der Waals surface area contributed by atoms with E-state index in [4.69, 9.17) is 10.8 Å². The average Bonchev–Trinajstić information content (AvgIpc) is 2.29. The highest BCUT2D eigenvalue weighted by atomic mass is 16.3. The number of rotatable bonds is 2. The van der Waals surface area contributed by atoms with Crippen molar-refractivity contribution in [3.8, 4) is 0 Å². The fraction of sp³-hybridized carbons (Fsp3) is 1.00. The summed E-state index contributed by atoms with van der Waals surface area (Å²) in [5.74, 6) is 0.554. The third kappa shape index (κ3) is 2.92. The number of nitrogens with two attached hydrogens (primary N) is 1. The number of hydrogen-bond donors (Lipinski definition) is 2. The third-order valence-corrected chi connectivity index (χ3v) is 4.11. The van der Waals surface area contributed by atoms with Crippen LogP contribution >= 0.6 is 0 Å². The van der Waals surface area contributed by atoms with E-state index >= 15 is 0 Å². The normalized spacial score (nSPS) is 35.6. The topological polar surface area (TPSA) is 49.5 Å². The second-order valence-electron chi connectivity index (χ2n) is 5.24. The van der Waals surface area contributed by atoms with Crippen LogP contribution in [0.4, 0.5) is 0 Å². The van der Waals surface area contributed by atoms with Crippen molar-refractivity contribution in [1.29, 1.82) is 0 Å². The monoisotopic (exact) mass is 212 g/mol. The van der Waals surface area contributed by atoms with Crippen LogP contribution in [0.3, 0.4) is 0 Å². The Kier molecular flexibility index (Phi) is 4.00. The fourth-order valence-electron chi connectivity index (χ4n) is 3.03. The van der Waals surface area contributed by atoms with Gasteiger partial charge in [0.25, 0.3) is 0 Å². The van der Waals surface area contributed by atoms with Crippen LogP contribution < -0.4 is 5.73 Å². The highest BCUT2D eigenvalue weighted by Crippen LogP contribution is 2.26. The largest absolute Gasteiger partial charge is 0.396 e. The summed E-state index contributed by atoms with van der Waals surface area (Å²) in [6, 6.07) is 1.16. The fourth-order valence-corrected chi connectivity index (χ4v) is 3.03. The van der Waals surface area contributed by atoms with Crippen molar-refractivity contribution >= 4 is 0 Å². The van der Waals surface area contributed by atoms with Crippen LogP contribution in [0.2, 0.25) is 0 Å². The molecule has 88 valence electrons. The Morgan fingerprint density at radius 2 is 1.87 bits per heavy atom. The minimum atomic E-state index is 0.373. The van der Waals surface area contributed by atoms with Crippen molar-refractivity contribution in [2.24, 2.45) is 11.7 Å². The first-order chi connectivity index (χ1) is 7.29. The summed E-state index contributed by atoms with van der Waals surface area (Å²) >= 11 is 0. The molecule has 1 aliphatic heterocycles. The minimum Gasteiger partial charge on any atom is -0.396 e. The molecule has 1 aliphatic carbocycles. The quantitative estimate of drug-likeness (QED) is 0.717. The Hall–Kier alpha value is -0.120. The molecule has 2 unspecified atom stereocenters. The van der Waals surface area contributed by atoms with E-state index in [-0.39, 0.29) is 0 Å². The first-order valence-electron chi connectivity index (χ1n) is 6.40. The maximum absolute atomic E-state index is 9.09. The molecule has 1 saturated carbocycles. The van der Waals surface area contributed by atoms with Gasteiger partial charge in [-0.25, -0.2) is 0 Å². The summed E-state index contributed by atoms with van der Waals surface area (Å²) in [6.07, 6.45) is 7.36. The lowest BCUT2D eigenvalue weighted by atomic mass is 9.88. The lowest BCUT2D eigenvalue weighted by molar-refractivity contribution is 0.0801. The van der Waals surface area contributed by atoms with Crippen LogP contribution in [0, 0.1) is 5.92 Å². The summed E-state index contributed by atoms with van der Waals surface area (Å²) in [5.41, 5.74) is 6.02. The van der Waals surface area contributed by atoms with E-state index < -0.39 is 0 Å². The standard InChI is InChI=1S/C12H24N2O/c13-11-2-1-3-12(8-11)14-6-4-10(9-15)5-7-14/h10-12,15H,1-9,13H2. The molecular weight excluding hydrogens is 188 g/mol. The van der Waals surface area contributed by atoms with Gasteiger partial charge < -0.3 is 15.7 Å². The zero-order chi connectivity index (χ0) is 10.7. The first kappa shape index (κ1) is 11.4. The van der Waals surface area contributed by atoms with Crippen molar-refractivity contribution in [3.05, 3.63) is 0 Å². The van der Waals surface area contributed by atoms with Crippen molar-refractivity contribution in [3.63, 3.8) is 0 Å². The van der Waals surface area contributed by atoms with Crippen molar-refractivity contribution in [2.75, 3.05) is 19.7 Å². The van der Waals surface area contributed by atoms with E-state index in [0.717, 1.165) is 6.04 Å². The number of likely N-dealkylation sites (tertiary alicyclic amines) is 1. The lowest BCUT2D eigenvalue weighted by Gasteiger charge is -2.40. The molecule has 2 rings (SSSR count). The van der Waals surface area contributed by atoms with E-state index in [1.165, 1.54) is 51.6 Å². The lowest BCUT2D eigenvalue weighted by Crippen LogP contribution is -2.46. The zero-order valence-electron chi connectivity index (χ0n) is 9.57. The molecule has 3 N–H and O–H groups in total. The van der Waals surface area contributed by atoms with E-state index in [2.05, 4.69) is 4.90 Å². The van der Waals surface area contributed by atoms with Gasteiger partial charge in [-0.15, -0.1) is 0 Å². The van der Waals surface area contributed by atoms with E-state index in [1.54, 1.807) is 0 Å². The SMILES string of the molecule is NC1CCCC(N2CCC(CO)CC2)C1. The highest BCUT2D eigenvalue weighted by Gasteiger charge is 2.27. The zero-order valence-corrected chi connectivity index (χ0v) is 9.57. The van der Waals surface area contributed by atoms with Gasteiger partial charge in [0.1, 0.15) is 0 Å². The van der Waals surface area contributed by atoms with Gasteiger partial charge in [0, 0.05) is 18.7 Å². The summed E-state index contributed by atoms with van der Waals surface area (Å²) < 4.78 is 0. The van der Waals surface area contributed by atoms with E-state index in [0.29, 0.717) is 18.6 Å². The number of hydrogen-bond acceptors (Lipinski definition) is 3. The number of aliphatic hydroxyl groups excluding tert-OH is 1. The number of aliphatic hydroxyl groups is 1. The maximum atomic E-state index is 9.09. The van der Waals surface area contributed by atoms with Gasteiger partial charge in [-0.2, -0.15) is 0 Å². The molecule has 0 aromatic carbocycles. The first-order valence-corrected chi connectivity index (χ1v) is 6.40. The molecule has 15 heavy (non-hydrogen) atoms. The summed E-state index contributed by atoms with van der Waals surface area (Å²) in [4.78, 5) is 2.60. The molecule has 2 atom stereocenters. The molecule has 1 saturated heterocycles. The molecule has 0 aromatic rings. The molecule has 1 heterocycles. The van der Waals surface area contributed by atoms with Gasteiger partial charge in [0.05, 0.1) is 0 Å². The Labute approximate surface area is 92.6 Å². The summed E-state index contributed by atoms with van der Waals surface area (Å²) in [7, 11) is 0. The van der Waals surface area contributed by atoms with Gasteiger partial charge in [0.2, 0.25) is 0 Å². The van der Waals surface area contributed by atoms with Gasteiger partial charge in [-0.3, -0.25) is 0 Å². The number of nitrogens with zero attached hydrogens (tertiary/aromatic N) is 1. The van der Waals surface area contributed by atoms with Crippen LogP contribution in [0.15, 0.2) is 0 Å². The highest BCUT2D eigenvalue weighted by molar-refractivity contribution is 4.84. The molecule has 2 fully saturated rings. The van der Waals surface area contributed by atoms with Crippen LogP contribution in [0.1, 0.15) is 38.5 Å². The molecule has 0 bridgehead atoms. The van der Waals surface area contributed by atoms with Crippen LogP contribution in [0.5, 0.6) is 0 Å². The van der Waals surface area contributed by atoms with E-state index in [9.17, 15) is 0 Å². The van der Waals surface area contributed by atoms with Crippen molar-refractivity contribution in [2.45, 2.75) is 50.6 Å². The van der Waals surface area contributed by atoms with Gasteiger partial charge in [-0.1, -0.05) is 6.42 Å². The van der Waals surface area contributed by atoms with Gasteiger partial charge in [-0.05, 0) is 51.1 Å². The van der Waals surface area contributed by atoms with Crippen LogP contribution in [-0.2, 0) is 0 Å². The van der Waals surface area contributed by atoms with E-state index in [1.807, 2.05) is 0 Å². The Bertz CT molecular complexity index is 190. The maximum Gasteiger partial charge on any atom is 0.0460 e. The predicted molar refractivity (Wildman–Crippen MR) is 61.6 cm³/mol. The molecule has 3 heteroatoms. The summed E-state index contributed by atoms with van der Waals surface area (Å²) in [6.45, 7) is 2.71. The minimum absolute atomic E-state index is 0.373. The predicted octanol–water partition coefficient (Wildman–Crippen LogP) is 0.961. The molecule has 3 nitrogen and oxygen atoms in total. The van der Waals surface area contributed by atoms with Crippen LogP contribution in [0.25, 0.3) is 0 Å². The molecule has 0 aromatic heterocycles. The summed E-state index contributed by atoms with van der Waals surface area (Å²) in [5, 5.41) is 9.09. The molecule has 0 radical (unpaired) electrons. The third-order valence-electron chi connectivity index (χ3n) is 4.11. The van der Waals surface area contributed by atoms with Gasteiger partial charge in [0.15, 0.2) is 0 Å². The molecule has 2 aliphatic rings. The Morgan fingerprint density at radius 3 is 2.47 bits per heavy atom. The second kappa shape index (κ2) is 5.28. The van der Waals surface area contributed by atoms with Crippen molar-refractivity contribution < 1.29 is 5.11 Å². The smallest absolute Gasteiger partial charge is 0.0460 e. The Balaban J connectivity index is 1.79. The average molecular weight is 212 g/mol. The number of piperidine rings is 1. The van der Waals surface area contributed by atoms with Crippen LogP contribution in [-0.4, -0.2) is 41.8 Å².